The maximum absolute atomic E-state index is 6.44. The zero-order chi connectivity index (χ0) is 26.2. The molecule has 1 unspecified atom stereocenters. The van der Waals surface area contributed by atoms with Gasteiger partial charge in [-0.25, -0.2) is 0 Å². The minimum atomic E-state index is -0.755. The summed E-state index contributed by atoms with van der Waals surface area (Å²) in [6.07, 6.45) is -0.755. The van der Waals surface area contributed by atoms with Crippen molar-refractivity contribution in [3.05, 3.63) is 127 Å². The zero-order valence-electron chi connectivity index (χ0n) is 21.2. The maximum atomic E-state index is 6.44. The number of benzene rings is 5. The Balaban J connectivity index is 1.25. The molecule has 190 valence electrons. The lowest BCUT2D eigenvalue weighted by atomic mass is 10.2. The molecule has 6 aromatic rings. The molecular weight excluding hydrogens is 488 g/mol. The first-order chi connectivity index (χ1) is 19.3. The molecule has 0 fully saturated rings. The first kappa shape index (κ1) is 22.9. The van der Waals surface area contributed by atoms with Crippen LogP contribution in [0.3, 0.4) is 0 Å². The summed E-state index contributed by atoms with van der Waals surface area (Å²) >= 11 is 0. The van der Waals surface area contributed by atoms with E-state index in [-0.39, 0.29) is 0 Å². The number of methoxy groups -OCH3 is 1. The Morgan fingerprint density at radius 3 is 1.97 bits per heavy atom. The molecular formula is C33H25N2O4+. The Kier molecular flexibility index (Phi) is 5.63. The molecule has 1 aliphatic heterocycles. The van der Waals surface area contributed by atoms with Gasteiger partial charge >= 0.3 is 12.3 Å². The Morgan fingerprint density at radius 1 is 0.667 bits per heavy atom. The number of nitrogens with zero attached hydrogens (tertiary/aromatic N) is 2. The van der Waals surface area contributed by atoms with Crippen molar-refractivity contribution in [3.8, 4) is 28.7 Å². The predicted molar refractivity (Wildman–Crippen MR) is 150 cm³/mol. The highest BCUT2D eigenvalue weighted by molar-refractivity contribution is 5.77. The Hall–Kier alpha value is -5.23. The van der Waals surface area contributed by atoms with Gasteiger partial charge in [0.1, 0.15) is 22.8 Å². The molecule has 0 saturated heterocycles. The first-order valence-electron chi connectivity index (χ1n) is 12.7. The normalized spacial score (nSPS) is 13.7. The van der Waals surface area contributed by atoms with Gasteiger partial charge in [0, 0.05) is 29.2 Å². The van der Waals surface area contributed by atoms with Crippen molar-refractivity contribution in [3.63, 3.8) is 0 Å². The van der Waals surface area contributed by atoms with Crippen LogP contribution in [-0.4, -0.2) is 7.11 Å². The molecule has 0 N–H and O–H groups in total. The van der Waals surface area contributed by atoms with E-state index in [1.165, 1.54) is 0 Å². The number of ether oxygens (including phenoxy) is 3. The van der Waals surface area contributed by atoms with Crippen LogP contribution in [0.1, 0.15) is 6.41 Å². The Labute approximate surface area is 225 Å². The van der Waals surface area contributed by atoms with E-state index < -0.39 is 6.41 Å². The molecule has 1 aromatic heterocycles. The third kappa shape index (κ3) is 4.12. The SMILES string of the molecule is COc1ccc2c(c1)oc1[n+]2C(Oc2ccc(N(c3ccccc3)c3ccccc3)cc2)Oc2ccccc2-1. The summed E-state index contributed by atoms with van der Waals surface area (Å²) in [4.78, 5) is 2.21. The molecule has 39 heavy (non-hydrogen) atoms. The maximum Gasteiger partial charge on any atom is 0.471 e. The third-order valence-electron chi connectivity index (χ3n) is 6.77. The van der Waals surface area contributed by atoms with Gasteiger partial charge in [0.15, 0.2) is 0 Å². The number of oxazole rings is 1. The van der Waals surface area contributed by atoms with E-state index in [1.807, 2.05) is 95.6 Å². The molecule has 2 heterocycles. The number of hydrogen-bond acceptors (Lipinski definition) is 5. The summed E-state index contributed by atoms with van der Waals surface area (Å²) in [7, 11) is 1.64. The lowest BCUT2D eigenvalue weighted by Gasteiger charge is -2.25. The number of aromatic nitrogens is 1. The molecule has 0 saturated carbocycles. The number of anilines is 3. The van der Waals surface area contributed by atoms with Crippen LogP contribution < -0.4 is 23.7 Å². The van der Waals surface area contributed by atoms with Gasteiger partial charge in [0.2, 0.25) is 5.58 Å². The van der Waals surface area contributed by atoms with E-state index in [0.717, 1.165) is 33.9 Å². The van der Waals surface area contributed by atoms with Crippen molar-refractivity contribution in [1.29, 1.82) is 0 Å². The number of rotatable bonds is 6. The zero-order valence-corrected chi connectivity index (χ0v) is 21.2. The van der Waals surface area contributed by atoms with Gasteiger partial charge in [-0.05, 0) is 66.7 Å². The summed E-state index contributed by atoms with van der Waals surface area (Å²) in [6.45, 7) is 0. The third-order valence-corrected chi connectivity index (χ3v) is 6.77. The van der Waals surface area contributed by atoms with Gasteiger partial charge in [0.25, 0.3) is 5.52 Å². The monoisotopic (exact) mass is 513 g/mol. The predicted octanol–water partition coefficient (Wildman–Crippen LogP) is 7.79. The molecule has 0 bridgehead atoms. The van der Waals surface area contributed by atoms with Crippen LogP contribution in [0.5, 0.6) is 17.2 Å². The second-order valence-corrected chi connectivity index (χ2v) is 9.15. The fourth-order valence-corrected chi connectivity index (χ4v) is 4.93. The number of fused-ring (bicyclic) bond motifs is 5. The smallest absolute Gasteiger partial charge is 0.471 e. The fraction of sp³-hybridized carbons (Fsp3) is 0.0606. The molecule has 6 heteroatoms. The van der Waals surface area contributed by atoms with Crippen LogP contribution in [0.25, 0.3) is 22.6 Å². The van der Waals surface area contributed by atoms with E-state index in [4.69, 9.17) is 18.6 Å². The van der Waals surface area contributed by atoms with E-state index in [9.17, 15) is 0 Å². The average molecular weight is 514 g/mol. The highest BCUT2D eigenvalue weighted by atomic mass is 16.7. The largest absolute Gasteiger partial charge is 0.497 e. The first-order valence-corrected chi connectivity index (χ1v) is 12.7. The molecule has 6 nitrogen and oxygen atoms in total. The highest BCUT2D eigenvalue weighted by Gasteiger charge is 2.41. The van der Waals surface area contributed by atoms with Crippen molar-refractivity contribution < 1.29 is 23.2 Å². The molecule has 7 rings (SSSR count). The van der Waals surface area contributed by atoms with Crippen molar-refractivity contribution in [2.75, 3.05) is 12.0 Å². The second kappa shape index (κ2) is 9.58. The van der Waals surface area contributed by atoms with E-state index in [1.54, 1.807) is 7.11 Å². The van der Waals surface area contributed by atoms with Crippen LogP contribution in [0, 0.1) is 0 Å². The molecule has 0 spiro atoms. The van der Waals surface area contributed by atoms with Crippen molar-refractivity contribution in [2.45, 2.75) is 6.41 Å². The van der Waals surface area contributed by atoms with E-state index in [0.29, 0.717) is 23.0 Å². The number of hydrogen-bond donors (Lipinski definition) is 0. The van der Waals surface area contributed by atoms with Crippen LogP contribution >= 0.6 is 0 Å². The standard InChI is InChI=1S/C33H25N2O4/c1-36-27-20-21-29-31(22-27)38-32-28-14-8-9-15-30(28)39-33(35(29)32)37-26-18-16-25(17-19-26)34(23-10-4-2-5-11-23)24-12-6-3-7-13-24/h2-22,33H,1H3/q+1. The summed E-state index contributed by atoms with van der Waals surface area (Å²) in [5, 5.41) is 0. The minimum Gasteiger partial charge on any atom is -0.497 e. The average Bonchev–Trinajstić information content (AvgIpc) is 3.39. The van der Waals surface area contributed by atoms with Crippen molar-refractivity contribution >= 4 is 28.2 Å². The van der Waals surface area contributed by atoms with Crippen LogP contribution in [0.4, 0.5) is 17.1 Å². The van der Waals surface area contributed by atoms with Crippen molar-refractivity contribution in [2.24, 2.45) is 0 Å². The summed E-state index contributed by atoms with van der Waals surface area (Å²) in [5.41, 5.74) is 5.57. The van der Waals surface area contributed by atoms with Crippen LogP contribution in [0.2, 0.25) is 0 Å². The van der Waals surface area contributed by atoms with Gasteiger partial charge < -0.3 is 23.5 Å². The quantitative estimate of drug-likeness (QED) is 0.213. The highest BCUT2D eigenvalue weighted by Crippen LogP contribution is 2.39. The Morgan fingerprint density at radius 2 is 1.28 bits per heavy atom. The second-order valence-electron chi connectivity index (χ2n) is 9.15. The van der Waals surface area contributed by atoms with Gasteiger partial charge in [-0.15, -0.1) is 0 Å². The topological polar surface area (TPSA) is 48.0 Å². The van der Waals surface area contributed by atoms with Gasteiger partial charge in [0.05, 0.1) is 7.11 Å². The summed E-state index contributed by atoms with van der Waals surface area (Å²) in [6, 6.07) is 42.2. The Bertz CT molecular complexity index is 1710. The minimum absolute atomic E-state index is 0.668. The summed E-state index contributed by atoms with van der Waals surface area (Å²) < 4.78 is 26.4. The molecule has 1 atom stereocenters. The van der Waals surface area contributed by atoms with Gasteiger partial charge in [-0.2, -0.15) is 0 Å². The lowest BCUT2D eigenvalue weighted by molar-refractivity contribution is -0.762. The molecule has 0 amide bonds. The van der Waals surface area contributed by atoms with Gasteiger partial charge in [-0.3, -0.25) is 0 Å². The van der Waals surface area contributed by atoms with Gasteiger partial charge in [-0.1, -0.05) is 53.1 Å². The molecule has 5 aromatic carbocycles. The molecule has 0 aliphatic carbocycles. The fourth-order valence-electron chi connectivity index (χ4n) is 4.93. The van der Waals surface area contributed by atoms with E-state index >= 15 is 0 Å². The van der Waals surface area contributed by atoms with Crippen molar-refractivity contribution in [1.82, 2.24) is 0 Å². The van der Waals surface area contributed by atoms with E-state index in [2.05, 4.69) is 41.3 Å². The lowest BCUT2D eigenvalue weighted by Crippen LogP contribution is -2.49. The molecule has 0 radical (unpaired) electrons. The van der Waals surface area contributed by atoms with Crippen LogP contribution in [0.15, 0.2) is 132 Å². The summed E-state index contributed by atoms with van der Waals surface area (Å²) in [5.74, 6) is 2.76. The molecule has 1 aliphatic rings. The van der Waals surface area contributed by atoms with Crippen LogP contribution in [-0.2, 0) is 0 Å². The number of para-hydroxylation sites is 3.